The summed E-state index contributed by atoms with van der Waals surface area (Å²) in [6, 6.07) is 5.41. The van der Waals surface area contributed by atoms with Crippen LogP contribution in [-0.4, -0.2) is 41.9 Å². The second-order valence-corrected chi connectivity index (χ2v) is 6.33. The van der Waals surface area contributed by atoms with Crippen LogP contribution in [0.5, 0.6) is 0 Å². The van der Waals surface area contributed by atoms with Crippen molar-refractivity contribution in [2.24, 2.45) is 0 Å². The molecule has 4 heterocycles. The number of pyridine rings is 1. The molecule has 0 spiro atoms. The Kier molecular flexibility index (Phi) is 3.72. The van der Waals surface area contributed by atoms with E-state index in [2.05, 4.69) is 20.2 Å². The number of fused-ring (bicyclic) bond motifs is 1. The van der Waals surface area contributed by atoms with Crippen LogP contribution in [0.1, 0.15) is 47.4 Å². The number of hydrogen-bond acceptors (Lipinski definition) is 4. The topological polar surface area (TPSA) is 79.2 Å². The Bertz CT molecular complexity index is 901. The zero-order valence-electron chi connectivity index (χ0n) is 13.2. The number of amides is 1. The molecule has 0 aromatic carbocycles. The minimum absolute atomic E-state index is 0.133. The summed E-state index contributed by atoms with van der Waals surface area (Å²) in [5.74, 6) is 1.27. The van der Waals surface area contributed by atoms with Gasteiger partial charge in [0.05, 0.1) is 6.04 Å². The van der Waals surface area contributed by atoms with E-state index in [1.165, 1.54) is 0 Å². The van der Waals surface area contributed by atoms with Crippen molar-refractivity contribution in [2.75, 3.05) is 6.54 Å². The average molecular weight is 345 g/mol. The van der Waals surface area contributed by atoms with E-state index in [0.29, 0.717) is 23.7 Å². The minimum Gasteiger partial charge on any atom is -0.327 e. The highest BCUT2D eigenvalue weighted by molar-refractivity contribution is 6.32. The van der Waals surface area contributed by atoms with Crippen LogP contribution in [0.3, 0.4) is 0 Å². The molecule has 1 fully saturated rings. The number of halogens is 1. The Labute approximate surface area is 143 Å². The molecule has 7 nitrogen and oxygen atoms in total. The van der Waals surface area contributed by atoms with E-state index in [9.17, 15) is 4.79 Å². The van der Waals surface area contributed by atoms with E-state index in [-0.39, 0.29) is 17.1 Å². The minimum atomic E-state index is -0.137. The van der Waals surface area contributed by atoms with E-state index < -0.39 is 0 Å². The SMILES string of the molecule is Cc1nc([C@H]2CCCCN2C(=O)c2c(Cl)nc3ccccn23)n[nH]1. The van der Waals surface area contributed by atoms with E-state index >= 15 is 0 Å². The predicted octanol–water partition coefficient (Wildman–Crippen LogP) is 2.78. The molecule has 1 aliphatic heterocycles. The van der Waals surface area contributed by atoms with Gasteiger partial charge in [0.25, 0.3) is 5.91 Å². The van der Waals surface area contributed by atoms with E-state index in [1.807, 2.05) is 30.0 Å². The molecule has 1 amide bonds. The van der Waals surface area contributed by atoms with Crippen LogP contribution in [0, 0.1) is 6.92 Å². The summed E-state index contributed by atoms with van der Waals surface area (Å²) >= 11 is 6.26. The molecule has 1 aliphatic rings. The lowest BCUT2D eigenvalue weighted by atomic mass is 10.0. The third-order valence-corrected chi connectivity index (χ3v) is 4.63. The maximum Gasteiger partial charge on any atom is 0.274 e. The molecule has 0 bridgehead atoms. The lowest BCUT2D eigenvalue weighted by Crippen LogP contribution is -2.39. The lowest BCUT2D eigenvalue weighted by Gasteiger charge is -2.33. The maximum atomic E-state index is 13.2. The first-order chi connectivity index (χ1) is 11.6. The number of carbonyl (C=O) groups is 1. The first-order valence-corrected chi connectivity index (χ1v) is 8.35. The van der Waals surface area contributed by atoms with Crippen molar-refractivity contribution < 1.29 is 4.79 Å². The molecule has 0 unspecified atom stereocenters. The highest BCUT2D eigenvalue weighted by Gasteiger charge is 2.33. The van der Waals surface area contributed by atoms with Crippen LogP contribution in [-0.2, 0) is 0 Å². The standard InChI is InChI=1S/C16H17ClN6O/c1-10-18-15(21-20-10)11-6-2-4-8-22(11)16(24)13-14(17)19-12-7-3-5-9-23(12)13/h3,5,7,9,11H,2,4,6,8H2,1H3,(H,18,20,21)/t11-/m1/s1. The predicted molar refractivity (Wildman–Crippen MR) is 89.0 cm³/mol. The summed E-state index contributed by atoms with van der Waals surface area (Å²) in [4.78, 5) is 23.7. The van der Waals surface area contributed by atoms with Gasteiger partial charge in [-0.3, -0.25) is 14.3 Å². The van der Waals surface area contributed by atoms with Crippen molar-refractivity contribution in [3.05, 3.63) is 46.9 Å². The summed E-state index contributed by atoms with van der Waals surface area (Å²) in [7, 11) is 0. The monoisotopic (exact) mass is 344 g/mol. The number of carbonyl (C=O) groups excluding carboxylic acids is 1. The Morgan fingerprint density at radius 3 is 3.00 bits per heavy atom. The normalized spacial score (nSPS) is 18.2. The number of aromatic nitrogens is 5. The molecule has 4 rings (SSSR count). The van der Waals surface area contributed by atoms with E-state index in [1.54, 1.807) is 10.6 Å². The number of imidazole rings is 1. The van der Waals surface area contributed by atoms with Crippen LogP contribution >= 0.6 is 11.6 Å². The van der Waals surface area contributed by atoms with Gasteiger partial charge in [0.2, 0.25) is 0 Å². The Hall–Kier alpha value is -2.41. The number of nitrogens with zero attached hydrogens (tertiary/aromatic N) is 5. The van der Waals surface area contributed by atoms with E-state index in [0.717, 1.165) is 25.1 Å². The summed E-state index contributed by atoms with van der Waals surface area (Å²) in [5.41, 5.74) is 1.06. The molecule has 1 saturated heterocycles. The number of aryl methyl sites for hydroxylation is 1. The van der Waals surface area contributed by atoms with E-state index in [4.69, 9.17) is 11.6 Å². The second kappa shape index (κ2) is 5.90. The Morgan fingerprint density at radius 2 is 2.21 bits per heavy atom. The maximum absolute atomic E-state index is 13.2. The van der Waals surface area contributed by atoms with Crippen LogP contribution < -0.4 is 0 Å². The summed E-state index contributed by atoms with van der Waals surface area (Å²) in [6.07, 6.45) is 4.65. The number of H-pyrrole nitrogens is 1. The lowest BCUT2D eigenvalue weighted by molar-refractivity contribution is 0.0593. The van der Waals surface area contributed by atoms with Gasteiger partial charge in [-0.05, 0) is 38.3 Å². The largest absolute Gasteiger partial charge is 0.327 e. The number of aromatic amines is 1. The fraction of sp³-hybridized carbons (Fsp3) is 0.375. The molecule has 8 heteroatoms. The highest BCUT2D eigenvalue weighted by atomic mass is 35.5. The van der Waals surface area contributed by atoms with Crippen molar-refractivity contribution >= 4 is 23.2 Å². The number of piperidine rings is 1. The van der Waals surface area contributed by atoms with Crippen LogP contribution in [0.15, 0.2) is 24.4 Å². The summed E-state index contributed by atoms with van der Waals surface area (Å²) in [6.45, 7) is 2.51. The van der Waals surface area contributed by atoms with Gasteiger partial charge < -0.3 is 4.90 Å². The van der Waals surface area contributed by atoms with Crippen molar-refractivity contribution in [3.8, 4) is 0 Å². The van der Waals surface area contributed by atoms with Crippen LogP contribution in [0.2, 0.25) is 5.15 Å². The molecule has 0 saturated carbocycles. The highest BCUT2D eigenvalue weighted by Crippen LogP contribution is 2.31. The fourth-order valence-corrected chi connectivity index (χ4v) is 3.51. The number of rotatable bonds is 2. The molecule has 0 radical (unpaired) electrons. The van der Waals surface area contributed by atoms with Gasteiger partial charge in [-0.25, -0.2) is 9.97 Å². The molecule has 24 heavy (non-hydrogen) atoms. The molecule has 1 atom stereocenters. The number of likely N-dealkylation sites (tertiary alicyclic amines) is 1. The van der Waals surface area contributed by atoms with Gasteiger partial charge >= 0.3 is 0 Å². The fourth-order valence-electron chi connectivity index (χ4n) is 3.25. The van der Waals surface area contributed by atoms with Gasteiger partial charge in [-0.1, -0.05) is 17.7 Å². The van der Waals surface area contributed by atoms with Gasteiger partial charge in [-0.2, -0.15) is 5.10 Å². The zero-order valence-corrected chi connectivity index (χ0v) is 14.0. The first-order valence-electron chi connectivity index (χ1n) is 7.97. The summed E-state index contributed by atoms with van der Waals surface area (Å²) < 4.78 is 1.74. The average Bonchev–Trinajstić information content (AvgIpc) is 3.16. The van der Waals surface area contributed by atoms with Gasteiger partial charge in [0, 0.05) is 12.7 Å². The molecule has 124 valence electrons. The molecule has 3 aromatic heterocycles. The van der Waals surface area contributed by atoms with Gasteiger partial charge in [-0.15, -0.1) is 0 Å². The van der Waals surface area contributed by atoms with Gasteiger partial charge in [0.1, 0.15) is 11.5 Å². The molecule has 1 N–H and O–H groups in total. The van der Waals surface area contributed by atoms with Gasteiger partial charge in [0.15, 0.2) is 16.7 Å². The molecule has 3 aromatic rings. The Morgan fingerprint density at radius 1 is 1.33 bits per heavy atom. The quantitative estimate of drug-likeness (QED) is 0.775. The Balaban J connectivity index is 1.74. The zero-order chi connectivity index (χ0) is 16.7. The van der Waals surface area contributed by atoms with Crippen molar-refractivity contribution in [3.63, 3.8) is 0 Å². The third-order valence-electron chi connectivity index (χ3n) is 4.37. The molecular formula is C16H17ClN6O. The molecular weight excluding hydrogens is 328 g/mol. The number of hydrogen-bond donors (Lipinski definition) is 1. The van der Waals surface area contributed by atoms with Crippen molar-refractivity contribution in [1.82, 2.24) is 29.5 Å². The number of nitrogens with one attached hydrogen (secondary N) is 1. The molecule has 0 aliphatic carbocycles. The van der Waals surface area contributed by atoms with Crippen LogP contribution in [0.25, 0.3) is 5.65 Å². The summed E-state index contributed by atoms with van der Waals surface area (Å²) in [5, 5.41) is 7.34. The van der Waals surface area contributed by atoms with Crippen molar-refractivity contribution in [2.45, 2.75) is 32.2 Å². The van der Waals surface area contributed by atoms with Crippen molar-refractivity contribution in [1.29, 1.82) is 0 Å². The smallest absolute Gasteiger partial charge is 0.274 e. The second-order valence-electron chi connectivity index (χ2n) is 5.97. The van der Waals surface area contributed by atoms with Crippen LogP contribution in [0.4, 0.5) is 0 Å². The first kappa shape index (κ1) is 15.1. The third kappa shape index (κ3) is 2.45.